The predicted molar refractivity (Wildman–Crippen MR) is 111 cm³/mol. The van der Waals surface area contributed by atoms with Crippen LogP contribution in [0.2, 0.25) is 0 Å². The molecule has 10 heteroatoms. The zero-order chi connectivity index (χ0) is 23.4. The van der Waals surface area contributed by atoms with Gasteiger partial charge in [-0.3, -0.25) is 9.59 Å². The van der Waals surface area contributed by atoms with Crippen LogP contribution in [0.15, 0.2) is 18.2 Å². The van der Waals surface area contributed by atoms with Crippen LogP contribution in [-0.4, -0.2) is 40.2 Å². The number of hydrogen-bond acceptors (Lipinski definition) is 5. The van der Waals surface area contributed by atoms with E-state index >= 15 is 0 Å². The van der Waals surface area contributed by atoms with Gasteiger partial charge in [0.2, 0.25) is 0 Å². The van der Waals surface area contributed by atoms with Crippen molar-refractivity contribution in [3.05, 3.63) is 40.7 Å². The van der Waals surface area contributed by atoms with Crippen LogP contribution in [0.5, 0.6) is 0 Å². The highest BCUT2D eigenvalue weighted by Crippen LogP contribution is 2.42. The number of ketones is 1. The molecule has 2 heterocycles. The largest absolute Gasteiger partial charge is 0.435 e. The van der Waals surface area contributed by atoms with Crippen molar-refractivity contribution in [3.8, 4) is 5.69 Å². The first-order chi connectivity index (χ1) is 14.9. The molecule has 1 saturated heterocycles. The number of carbonyl (C=O) groups is 2. The average molecular weight is 450 g/mol. The van der Waals surface area contributed by atoms with Gasteiger partial charge in [0.25, 0.3) is 5.91 Å². The van der Waals surface area contributed by atoms with Crippen LogP contribution in [0.1, 0.15) is 65.7 Å². The van der Waals surface area contributed by atoms with E-state index in [0.717, 1.165) is 11.1 Å². The van der Waals surface area contributed by atoms with Crippen molar-refractivity contribution in [1.29, 1.82) is 0 Å². The molecule has 2 aliphatic rings. The molecule has 0 bridgehead atoms. The Morgan fingerprint density at radius 2 is 2.03 bits per heavy atom. The van der Waals surface area contributed by atoms with E-state index in [1.165, 1.54) is 6.07 Å². The van der Waals surface area contributed by atoms with Crippen molar-refractivity contribution in [1.82, 2.24) is 9.78 Å². The van der Waals surface area contributed by atoms with E-state index in [1.54, 1.807) is 12.1 Å². The molecule has 1 aromatic carbocycles. The van der Waals surface area contributed by atoms with Crippen molar-refractivity contribution in [2.24, 2.45) is 11.1 Å². The number of aromatic nitrogens is 2. The molecule has 1 fully saturated rings. The number of primary amides is 1. The number of carbonyl (C=O) groups excluding carboxylic acids is 2. The molecule has 0 spiro atoms. The minimum Gasteiger partial charge on any atom is -0.380 e. The summed E-state index contributed by atoms with van der Waals surface area (Å²) in [5.74, 6) is -1.41. The summed E-state index contributed by atoms with van der Waals surface area (Å²) in [6.45, 7) is 6.15. The molecule has 4 rings (SSSR count). The molecule has 32 heavy (non-hydrogen) atoms. The Balaban J connectivity index is 1.89. The van der Waals surface area contributed by atoms with E-state index in [9.17, 15) is 22.8 Å². The molecule has 2 unspecified atom stereocenters. The van der Waals surface area contributed by atoms with Gasteiger partial charge in [-0.25, -0.2) is 4.68 Å². The van der Waals surface area contributed by atoms with Gasteiger partial charge in [-0.05, 0) is 43.4 Å². The number of amides is 1. The number of ether oxygens (including phenoxy) is 1. The van der Waals surface area contributed by atoms with Crippen molar-refractivity contribution < 1.29 is 27.5 Å². The van der Waals surface area contributed by atoms with E-state index in [4.69, 9.17) is 10.5 Å². The van der Waals surface area contributed by atoms with E-state index in [1.807, 2.05) is 20.8 Å². The summed E-state index contributed by atoms with van der Waals surface area (Å²) in [6, 6.07) is 4.66. The van der Waals surface area contributed by atoms with E-state index in [-0.39, 0.29) is 41.9 Å². The number of fused-ring (bicyclic) bond motifs is 1. The molecule has 1 aliphatic heterocycles. The number of hydrogen-bond donors (Lipinski definition) is 2. The highest BCUT2D eigenvalue weighted by molar-refractivity contribution is 6.01. The van der Waals surface area contributed by atoms with Crippen molar-refractivity contribution in [2.45, 2.75) is 58.4 Å². The Kier molecular flexibility index (Phi) is 5.31. The van der Waals surface area contributed by atoms with Crippen LogP contribution in [0.4, 0.5) is 18.9 Å². The highest BCUT2D eigenvalue weighted by atomic mass is 19.4. The van der Waals surface area contributed by atoms with Crippen LogP contribution in [-0.2, 0) is 17.3 Å². The van der Waals surface area contributed by atoms with E-state index in [2.05, 4.69) is 10.4 Å². The van der Waals surface area contributed by atoms with Crippen LogP contribution in [0, 0.1) is 5.41 Å². The molecule has 0 saturated carbocycles. The quantitative estimate of drug-likeness (QED) is 0.740. The summed E-state index contributed by atoms with van der Waals surface area (Å²) in [5.41, 5.74) is 4.15. The Morgan fingerprint density at radius 1 is 1.31 bits per heavy atom. The molecular weight excluding hydrogens is 425 g/mol. The molecule has 1 aromatic heterocycles. The third kappa shape index (κ3) is 3.99. The van der Waals surface area contributed by atoms with Crippen LogP contribution in [0.3, 0.4) is 0 Å². The van der Waals surface area contributed by atoms with Crippen molar-refractivity contribution in [3.63, 3.8) is 0 Å². The van der Waals surface area contributed by atoms with Gasteiger partial charge in [0.1, 0.15) is 0 Å². The number of Topliss-reactive ketones (excluding diaryl/α,β-unsaturated/α-hetero) is 1. The Hall–Kier alpha value is -2.88. The zero-order valence-electron chi connectivity index (χ0n) is 18.0. The fraction of sp³-hybridized carbons (Fsp3) is 0.500. The first-order valence-electron chi connectivity index (χ1n) is 10.4. The molecular formula is C22H25F3N4O3. The van der Waals surface area contributed by atoms with Crippen molar-refractivity contribution in [2.75, 3.05) is 11.9 Å². The van der Waals surface area contributed by atoms with Crippen LogP contribution < -0.4 is 11.1 Å². The summed E-state index contributed by atoms with van der Waals surface area (Å²) in [4.78, 5) is 24.8. The van der Waals surface area contributed by atoms with Gasteiger partial charge in [-0.15, -0.1) is 0 Å². The first-order valence-corrected chi connectivity index (χ1v) is 10.4. The maximum atomic E-state index is 13.8. The minimum atomic E-state index is -4.81. The summed E-state index contributed by atoms with van der Waals surface area (Å²) >= 11 is 0. The molecule has 172 valence electrons. The molecule has 7 nitrogen and oxygen atoms in total. The number of halogens is 3. The van der Waals surface area contributed by atoms with Gasteiger partial charge in [0.15, 0.2) is 11.5 Å². The van der Waals surface area contributed by atoms with Gasteiger partial charge in [-0.2, -0.15) is 18.3 Å². The number of nitrogens with zero attached hydrogens (tertiary/aromatic N) is 2. The monoisotopic (exact) mass is 450 g/mol. The molecule has 1 aliphatic carbocycles. The van der Waals surface area contributed by atoms with Crippen LogP contribution >= 0.6 is 0 Å². The number of nitrogens with one attached hydrogen (secondary N) is 1. The number of rotatable bonds is 4. The lowest BCUT2D eigenvalue weighted by molar-refractivity contribution is -0.141. The van der Waals surface area contributed by atoms with Gasteiger partial charge in [0.05, 0.1) is 34.7 Å². The topological polar surface area (TPSA) is 99.2 Å². The number of nitrogens with two attached hydrogens (primary N) is 1. The maximum Gasteiger partial charge on any atom is 0.435 e. The van der Waals surface area contributed by atoms with Gasteiger partial charge < -0.3 is 15.8 Å². The van der Waals surface area contributed by atoms with Crippen molar-refractivity contribution >= 4 is 17.4 Å². The molecule has 1 amide bonds. The zero-order valence-corrected chi connectivity index (χ0v) is 18.0. The smallest absolute Gasteiger partial charge is 0.380 e. The number of alkyl halides is 3. The minimum absolute atomic E-state index is 0.0139. The number of benzene rings is 1. The summed E-state index contributed by atoms with van der Waals surface area (Å²) < 4.78 is 47.9. The molecule has 2 atom stereocenters. The fourth-order valence-electron chi connectivity index (χ4n) is 4.49. The number of anilines is 1. The Morgan fingerprint density at radius 3 is 2.62 bits per heavy atom. The molecule has 3 N–H and O–H groups in total. The van der Waals surface area contributed by atoms with Crippen LogP contribution in [0.25, 0.3) is 5.69 Å². The summed E-state index contributed by atoms with van der Waals surface area (Å²) in [7, 11) is 0. The lowest BCUT2D eigenvalue weighted by Crippen LogP contribution is -2.29. The highest BCUT2D eigenvalue weighted by Gasteiger charge is 2.45. The SMILES string of the molecule is CC1OCCC1Nc1ccc(C(N)=O)c(-n2nc(C(F)(F)F)c3c2CC(C)(C)CC3=O)c1. The summed E-state index contributed by atoms with van der Waals surface area (Å²) in [6.07, 6.45) is -3.90. The fourth-order valence-corrected chi connectivity index (χ4v) is 4.49. The second kappa shape index (κ2) is 7.61. The maximum absolute atomic E-state index is 13.8. The average Bonchev–Trinajstić information content (AvgIpc) is 3.24. The second-order valence-corrected chi connectivity index (χ2v) is 9.23. The Labute approximate surface area is 183 Å². The van der Waals surface area contributed by atoms with E-state index in [0.29, 0.717) is 12.3 Å². The summed E-state index contributed by atoms with van der Waals surface area (Å²) in [5, 5.41) is 7.09. The van der Waals surface area contributed by atoms with Gasteiger partial charge in [0, 0.05) is 18.7 Å². The molecule has 0 radical (unpaired) electrons. The standard InChI is InChI=1S/C22H25F3N4O3/c1-11-14(6-7-32-11)27-12-4-5-13(20(26)31)15(8-12)29-16-9-21(2,3)10-17(30)18(16)19(28-29)22(23,24)25/h4-5,8,11,14,27H,6-7,9-10H2,1-3H3,(H2,26,31). The Bertz CT molecular complexity index is 1090. The second-order valence-electron chi connectivity index (χ2n) is 9.23. The van der Waals surface area contributed by atoms with E-state index < -0.39 is 34.5 Å². The normalized spacial score (nSPS) is 22.6. The van der Waals surface area contributed by atoms with Gasteiger partial charge >= 0.3 is 6.18 Å². The third-order valence-electron chi connectivity index (χ3n) is 6.03. The molecule has 2 aromatic rings. The predicted octanol–water partition coefficient (Wildman–Crippen LogP) is 3.73. The first kappa shape index (κ1) is 22.3. The lowest BCUT2D eigenvalue weighted by atomic mass is 9.75. The third-order valence-corrected chi connectivity index (χ3v) is 6.03. The lowest BCUT2D eigenvalue weighted by Gasteiger charge is -2.29. The van der Waals surface area contributed by atoms with Gasteiger partial charge in [-0.1, -0.05) is 13.8 Å².